The van der Waals surface area contributed by atoms with E-state index < -0.39 is 0 Å². The van der Waals surface area contributed by atoms with Gasteiger partial charge < -0.3 is 9.30 Å². The summed E-state index contributed by atoms with van der Waals surface area (Å²) in [6, 6.07) is 17.5. The monoisotopic (exact) mass is 293 g/mol. The standard InChI is InChI=1S/C17H15N3O2/c21-17-20(13-6-2-1-3-7-13)11-14(22-17)10-19-12-18-15-8-4-5-9-16(15)19/h1-9,12,14H,10-11H2/t14-/m0/s1. The van der Waals surface area contributed by atoms with E-state index in [-0.39, 0.29) is 12.2 Å². The van der Waals surface area contributed by atoms with Crippen LogP contribution in [0.25, 0.3) is 11.0 Å². The summed E-state index contributed by atoms with van der Waals surface area (Å²) < 4.78 is 7.52. The summed E-state index contributed by atoms with van der Waals surface area (Å²) in [5.74, 6) is 0. The predicted molar refractivity (Wildman–Crippen MR) is 83.8 cm³/mol. The number of rotatable bonds is 3. The summed E-state index contributed by atoms with van der Waals surface area (Å²) in [6.45, 7) is 1.16. The van der Waals surface area contributed by atoms with Crippen molar-refractivity contribution in [1.82, 2.24) is 9.55 Å². The van der Waals surface area contributed by atoms with Crippen molar-refractivity contribution in [2.24, 2.45) is 0 Å². The van der Waals surface area contributed by atoms with Gasteiger partial charge in [0.2, 0.25) is 0 Å². The van der Waals surface area contributed by atoms with Crippen molar-refractivity contribution >= 4 is 22.8 Å². The summed E-state index contributed by atoms with van der Waals surface area (Å²) in [7, 11) is 0. The highest BCUT2D eigenvalue weighted by Crippen LogP contribution is 2.22. The molecule has 1 amide bonds. The zero-order valence-corrected chi connectivity index (χ0v) is 11.9. The van der Waals surface area contributed by atoms with Gasteiger partial charge in [0.05, 0.1) is 30.5 Å². The Hall–Kier alpha value is -2.82. The third kappa shape index (κ3) is 2.20. The second-order valence-electron chi connectivity index (χ2n) is 5.34. The van der Waals surface area contributed by atoms with Gasteiger partial charge in [0.15, 0.2) is 0 Å². The number of aromatic nitrogens is 2. The summed E-state index contributed by atoms with van der Waals surface area (Å²) in [5.41, 5.74) is 2.87. The second kappa shape index (κ2) is 5.18. The van der Waals surface area contributed by atoms with E-state index in [9.17, 15) is 4.79 Å². The van der Waals surface area contributed by atoms with Gasteiger partial charge in [-0.1, -0.05) is 30.3 Å². The minimum absolute atomic E-state index is 0.176. The third-order valence-electron chi connectivity index (χ3n) is 3.87. The van der Waals surface area contributed by atoms with Gasteiger partial charge in [-0.25, -0.2) is 9.78 Å². The first-order valence-corrected chi connectivity index (χ1v) is 7.24. The number of hydrogen-bond acceptors (Lipinski definition) is 3. The molecular formula is C17H15N3O2. The van der Waals surface area contributed by atoms with Crippen LogP contribution >= 0.6 is 0 Å². The molecule has 1 aliphatic rings. The van der Waals surface area contributed by atoms with E-state index in [1.54, 1.807) is 11.2 Å². The van der Waals surface area contributed by atoms with Gasteiger partial charge in [0.25, 0.3) is 0 Å². The number of cyclic esters (lactones) is 1. The molecule has 0 aliphatic carbocycles. The fourth-order valence-corrected chi connectivity index (χ4v) is 2.81. The van der Waals surface area contributed by atoms with Gasteiger partial charge in [0.1, 0.15) is 6.10 Å². The number of carbonyl (C=O) groups is 1. The van der Waals surface area contributed by atoms with Crippen LogP contribution in [-0.4, -0.2) is 28.3 Å². The van der Waals surface area contributed by atoms with Crippen molar-refractivity contribution in [3.63, 3.8) is 0 Å². The average molecular weight is 293 g/mol. The molecule has 1 atom stereocenters. The minimum atomic E-state index is -0.291. The van der Waals surface area contributed by atoms with Crippen molar-refractivity contribution < 1.29 is 9.53 Å². The molecule has 0 radical (unpaired) electrons. The second-order valence-corrected chi connectivity index (χ2v) is 5.34. The third-order valence-corrected chi connectivity index (χ3v) is 3.87. The van der Waals surface area contributed by atoms with Crippen LogP contribution in [0.4, 0.5) is 10.5 Å². The molecule has 1 saturated heterocycles. The maximum absolute atomic E-state index is 12.1. The molecule has 1 fully saturated rings. The fraction of sp³-hybridized carbons (Fsp3) is 0.176. The van der Waals surface area contributed by atoms with Crippen LogP contribution < -0.4 is 4.90 Å². The highest BCUT2D eigenvalue weighted by atomic mass is 16.6. The van der Waals surface area contributed by atoms with Crippen molar-refractivity contribution in [3.05, 3.63) is 60.9 Å². The molecule has 0 saturated carbocycles. The number of carbonyl (C=O) groups excluding carboxylic acids is 1. The lowest BCUT2D eigenvalue weighted by Gasteiger charge is -2.12. The first-order chi connectivity index (χ1) is 10.8. The Morgan fingerprint density at radius 2 is 1.86 bits per heavy atom. The first kappa shape index (κ1) is 12.9. The van der Waals surface area contributed by atoms with Gasteiger partial charge in [0, 0.05) is 5.69 Å². The molecule has 0 N–H and O–H groups in total. The largest absolute Gasteiger partial charge is 0.442 e. The summed E-state index contributed by atoms with van der Waals surface area (Å²) in [6.07, 6.45) is 1.33. The number of fused-ring (bicyclic) bond motifs is 1. The van der Waals surface area contributed by atoms with Crippen molar-refractivity contribution in [1.29, 1.82) is 0 Å². The van der Waals surface area contributed by atoms with Crippen LogP contribution in [0.5, 0.6) is 0 Å². The number of nitrogens with zero attached hydrogens (tertiary/aromatic N) is 3. The lowest BCUT2D eigenvalue weighted by Crippen LogP contribution is -2.25. The smallest absolute Gasteiger partial charge is 0.414 e. The van der Waals surface area contributed by atoms with E-state index in [2.05, 4.69) is 4.98 Å². The Morgan fingerprint density at radius 3 is 2.73 bits per heavy atom. The van der Waals surface area contributed by atoms with Crippen LogP contribution in [0.3, 0.4) is 0 Å². The Kier molecular flexibility index (Phi) is 3.04. The van der Waals surface area contributed by atoms with E-state index in [0.717, 1.165) is 16.7 Å². The number of hydrogen-bond donors (Lipinski definition) is 0. The molecule has 5 nitrogen and oxygen atoms in total. The summed E-state index contributed by atoms with van der Waals surface area (Å²) in [5, 5.41) is 0. The first-order valence-electron chi connectivity index (χ1n) is 7.24. The Bertz CT molecular complexity index is 813. The van der Waals surface area contributed by atoms with E-state index in [0.29, 0.717) is 13.1 Å². The average Bonchev–Trinajstić information content (AvgIpc) is 3.13. The van der Waals surface area contributed by atoms with Gasteiger partial charge in [-0.2, -0.15) is 0 Å². The molecule has 5 heteroatoms. The van der Waals surface area contributed by atoms with Gasteiger partial charge in [-0.15, -0.1) is 0 Å². The molecular weight excluding hydrogens is 278 g/mol. The van der Waals surface area contributed by atoms with Crippen LogP contribution in [0, 0.1) is 0 Å². The van der Waals surface area contributed by atoms with E-state index >= 15 is 0 Å². The number of amides is 1. The number of imidazole rings is 1. The minimum Gasteiger partial charge on any atom is -0.442 e. The molecule has 2 heterocycles. The SMILES string of the molecule is O=C1O[C@@H](Cn2cnc3ccccc32)CN1c1ccccc1. The quantitative estimate of drug-likeness (QED) is 0.745. The van der Waals surface area contributed by atoms with Crippen LogP contribution in [0.2, 0.25) is 0 Å². The fourth-order valence-electron chi connectivity index (χ4n) is 2.81. The molecule has 22 heavy (non-hydrogen) atoms. The molecule has 0 spiro atoms. The Balaban J connectivity index is 1.54. The molecule has 3 aromatic rings. The van der Waals surface area contributed by atoms with E-state index in [4.69, 9.17) is 4.74 Å². The van der Waals surface area contributed by atoms with Gasteiger partial charge in [-0.05, 0) is 24.3 Å². The number of ether oxygens (including phenoxy) is 1. The molecule has 1 aromatic heterocycles. The van der Waals surface area contributed by atoms with Gasteiger partial charge >= 0.3 is 6.09 Å². The zero-order chi connectivity index (χ0) is 14.9. The van der Waals surface area contributed by atoms with Crippen LogP contribution in [0.1, 0.15) is 0 Å². The predicted octanol–water partition coefficient (Wildman–Crippen LogP) is 3.06. The highest BCUT2D eigenvalue weighted by Gasteiger charge is 2.32. The summed E-state index contributed by atoms with van der Waals surface area (Å²) >= 11 is 0. The molecule has 1 aliphatic heterocycles. The van der Waals surface area contributed by atoms with E-state index in [1.807, 2.05) is 59.2 Å². The molecule has 4 rings (SSSR count). The summed E-state index contributed by atoms with van der Waals surface area (Å²) in [4.78, 5) is 18.1. The number of para-hydroxylation sites is 3. The normalized spacial score (nSPS) is 17.9. The lowest BCUT2D eigenvalue weighted by atomic mass is 10.2. The lowest BCUT2D eigenvalue weighted by molar-refractivity contribution is 0.132. The number of benzene rings is 2. The van der Waals surface area contributed by atoms with Gasteiger partial charge in [-0.3, -0.25) is 4.90 Å². The topological polar surface area (TPSA) is 47.4 Å². The highest BCUT2D eigenvalue weighted by molar-refractivity contribution is 5.89. The van der Waals surface area contributed by atoms with Crippen molar-refractivity contribution in [3.8, 4) is 0 Å². The maximum Gasteiger partial charge on any atom is 0.414 e. The van der Waals surface area contributed by atoms with Crippen molar-refractivity contribution in [2.75, 3.05) is 11.4 Å². The Labute approximate surface area is 127 Å². The number of anilines is 1. The zero-order valence-electron chi connectivity index (χ0n) is 11.9. The Morgan fingerprint density at radius 1 is 1.09 bits per heavy atom. The molecule has 2 aromatic carbocycles. The van der Waals surface area contributed by atoms with Crippen LogP contribution in [-0.2, 0) is 11.3 Å². The van der Waals surface area contributed by atoms with Crippen molar-refractivity contribution in [2.45, 2.75) is 12.6 Å². The molecule has 0 bridgehead atoms. The van der Waals surface area contributed by atoms with Crippen LogP contribution in [0.15, 0.2) is 60.9 Å². The molecule has 110 valence electrons. The molecule has 0 unspecified atom stereocenters. The maximum atomic E-state index is 12.1. The van der Waals surface area contributed by atoms with E-state index in [1.165, 1.54) is 0 Å².